The smallest absolute Gasteiger partial charge is 0.259 e. The lowest BCUT2D eigenvalue weighted by Crippen LogP contribution is -2.21. The molecular formula is C21H22N4O3S2. The van der Waals surface area contributed by atoms with Gasteiger partial charge in [0.05, 0.1) is 16.9 Å². The molecule has 3 N–H and O–H groups in total. The van der Waals surface area contributed by atoms with Gasteiger partial charge in [-0.25, -0.2) is 4.98 Å². The Kier molecular flexibility index (Phi) is 5.92. The molecule has 9 heteroatoms. The first kappa shape index (κ1) is 20.6. The Morgan fingerprint density at radius 3 is 2.93 bits per heavy atom. The van der Waals surface area contributed by atoms with Crippen molar-refractivity contribution >= 4 is 50.8 Å². The number of aryl methyl sites for hydroxylation is 2. The topological polar surface area (TPSA) is 104 Å². The quantitative estimate of drug-likeness (QED) is 0.544. The van der Waals surface area contributed by atoms with E-state index in [-0.39, 0.29) is 23.1 Å². The Hall–Kier alpha value is -2.65. The van der Waals surface area contributed by atoms with Gasteiger partial charge < -0.3 is 15.6 Å². The van der Waals surface area contributed by atoms with E-state index in [9.17, 15) is 14.4 Å². The van der Waals surface area contributed by atoms with Crippen LogP contribution in [-0.2, 0) is 23.4 Å². The number of aromatic amines is 1. The molecule has 7 nitrogen and oxygen atoms in total. The second-order valence-electron chi connectivity index (χ2n) is 7.15. The van der Waals surface area contributed by atoms with E-state index in [0.717, 1.165) is 40.6 Å². The monoisotopic (exact) mass is 442 g/mol. The van der Waals surface area contributed by atoms with Crippen molar-refractivity contribution < 1.29 is 9.59 Å². The van der Waals surface area contributed by atoms with Crippen LogP contribution in [0.25, 0.3) is 10.2 Å². The van der Waals surface area contributed by atoms with Crippen molar-refractivity contribution in [1.82, 2.24) is 15.3 Å². The number of carbonyl (C=O) groups is 2. The van der Waals surface area contributed by atoms with Crippen molar-refractivity contribution in [3.63, 3.8) is 0 Å². The lowest BCUT2D eigenvalue weighted by molar-refractivity contribution is -0.113. The summed E-state index contributed by atoms with van der Waals surface area (Å²) in [6, 6.07) is 5.23. The molecule has 2 aromatic heterocycles. The Labute approximate surface area is 181 Å². The molecule has 0 aliphatic heterocycles. The Balaban J connectivity index is 1.39. The summed E-state index contributed by atoms with van der Waals surface area (Å²) in [7, 11) is 1.57. The van der Waals surface area contributed by atoms with Gasteiger partial charge in [0.15, 0.2) is 0 Å². The molecule has 156 valence electrons. The van der Waals surface area contributed by atoms with Crippen molar-refractivity contribution in [1.29, 1.82) is 0 Å². The largest absolute Gasteiger partial charge is 0.355 e. The number of hydrogen-bond acceptors (Lipinski definition) is 6. The van der Waals surface area contributed by atoms with Gasteiger partial charge in [-0.05, 0) is 49.4 Å². The molecule has 2 heterocycles. The van der Waals surface area contributed by atoms with Gasteiger partial charge >= 0.3 is 0 Å². The third-order valence-electron chi connectivity index (χ3n) is 5.18. The van der Waals surface area contributed by atoms with E-state index in [4.69, 9.17) is 0 Å². The third kappa shape index (κ3) is 3.99. The number of carbonyl (C=O) groups excluding carboxylic acids is 2. The molecule has 0 bridgehead atoms. The molecule has 2 amide bonds. The summed E-state index contributed by atoms with van der Waals surface area (Å²) in [6.07, 6.45) is 3.09. The van der Waals surface area contributed by atoms with Crippen LogP contribution in [-0.4, -0.2) is 34.6 Å². The van der Waals surface area contributed by atoms with E-state index < -0.39 is 0 Å². The number of fused-ring (bicyclic) bond motifs is 3. The summed E-state index contributed by atoms with van der Waals surface area (Å²) in [4.78, 5) is 46.3. The number of benzene rings is 1. The minimum atomic E-state index is -0.192. The summed E-state index contributed by atoms with van der Waals surface area (Å²) in [5, 5.41) is 6.19. The maximum Gasteiger partial charge on any atom is 0.259 e. The number of rotatable bonds is 6. The number of nitrogens with one attached hydrogen (secondary N) is 3. The number of anilines is 1. The molecule has 0 fully saturated rings. The van der Waals surface area contributed by atoms with Gasteiger partial charge in [0.2, 0.25) is 5.91 Å². The first-order chi connectivity index (χ1) is 14.5. The molecule has 1 aliphatic rings. The number of aromatic nitrogens is 2. The Morgan fingerprint density at radius 1 is 1.30 bits per heavy atom. The van der Waals surface area contributed by atoms with E-state index in [1.54, 1.807) is 43.5 Å². The fourth-order valence-corrected chi connectivity index (χ4v) is 5.66. The van der Waals surface area contributed by atoms with Crippen LogP contribution in [0.1, 0.15) is 38.6 Å². The van der Waals surface area contributed by atoms with E-state index in [0.29, 0.717) is 22.8 Å². The van der Waals surface area contributed by atoms with Crippen LogP contribution >= 0.6 is 23.1 Å². The Bertz CT molecular complexity index is 1200. The fraction of sp³-hybridized carbons (Fsp3) is 0.333. The summed E-state index contributed by atoms with van der Waals surface area (Å²) in [5.41, 5.74) is 2.94. The van der Waals surface area contributed by atoms with Crippen molar-refractivity contribution in [2.75, 3.05) is 18.1 Å². The highest BCUT2D eigenvalue weighted by Gasteiger charge is 2.21. The zero-order valence-corrected chi connectivity index (χ0v) is 18.4. The third-order valence-corrected chi connectivity index (χ3v) is 7.31. The molecule has 0 unspecified atom stereocenters. The predicted molar refractivity (Wildman–Crippen MR) is 122 cm³/mol. The summed E-state index contributed by atoms with van der Waals surface area (Å²) < 4.78 is 0. The highest BCUT2D eigenvalue weighted by molar-refractivity contribution is 7.99. The summed E-state index contributed by atoms with van der Waals surface area (Å²) in [6.45, 7) is 1.80. The molecule has 3 aromatic rings. The van der Waals surface area contributed by atoms with Gasteiger partial charge in [-0.15, -0.1) is 23.1 Å². The van der Waals surface area contributed by atoms with Gasteiger partial charge in [0.1, 0.15) is 10.7 Å². The SMILES string of the molecule is CNC(=O)c1cccc(NC(=O)CSCc2nc3sc4c(c3c(=O)[nH]2)CCC4)c1C. The normalized spacial score (nSPS) is 12.7. The Morgan fingerprint density at radius 2 is 2.13 bits per heavy atom. The van der Waals surface area contributed by atoms with Crippen LogP contribution in [0, 0.1) is 6.92 Å². The predicted octanol–water partition coefficient (Wildman–Crippen LogP) is 3.01. The molecule has 30 heavy (non-hydrogen) atoms. The second-order valence-corrected chi connectivity index (χ2v) is 9.22. The highest BCUT2D eigenvalue weighted by atomic mass is 32.2. The first-order valence-electron chi connectivity index (χ1n) is 9.70. The van der Waals surface area contributed by atoms with Crippen molar-refractivity contribution in [2.24, 2.45) is 0 Å². The standard InChI is InChI=1S/C21H22N4O3S2/c1-11-12(19(27)22-2)5-3-7-14(11)23-17(26)10-29-9-16-24-20(28)18-13-6-4-8-15(13)30-21(18)25-16/h3,5,7H,4,6,8-10H2,1-2H3,(H,22,27)(H,23,26)(H,24,25,28). The van der Waals surface area contributed by atoms with Gasteiger partial charge in [-0.2, -0.15) is 0 Å². The number of nitrogens with zero attached hydrogens (tertiary/aromatic N) is 1. The van der Waals surface area contributed by atoms with Crippen LogP contribution in [0.3, 0.4) is 0 Å². The minimum Gasteiger partial charge on any atom is -0.355 e. The lowest BCUT2D eigenvalue weighted by Gasteiger charge is -2.11. The molecule has 1 aliphatic carbocycles. The van der Waals surface area contributed by atoms with Crippen LogP contribution in [0.2, 0.25) is 0 Å². The van der Waals surface area contributed by atoms with Crippen LogP contribution in [0.15, 0.2) is 23.0 Å². The van der Waals surface area contributed by atoms with Gasteiger partial charge in [-0.1, -0.05) is 6.07 Å². The molecular weight excluding hydrogens is 420 g/mol. The van der Waals surface area contributed by atoms with E-state index in [1.807, 2.05) is 0 Å². The molecule has 0 saturated carbocycles. The zero-order chi connectivity index (χ0) is 21.3. The summed E-state index contributed by atoms with van der Waals surface area (Å²) >= 11 is 2.99. The number of amides is 2. The second kappa shape index (κ2) is 8.61. The summed E-state index contributed by atoms with van der Waals surface area (Å²) in [5.74, 6) is 0.881. The van der Waals surface area contributed by atoms with E-state index in [2.05, 4.69) is 20.6 Å². The van der Waals surface area contributed by atoms with Crippen molar-refractivity contribution in [3.8, 4) is 0 Å². The van der Waals surface area contributed by atoms with Crippen LogP contribution in [0.5, 0.6) is 0 Å². The molecule has 0 radical (unpaired) electrons. The lowest BCUT2D eigenvalue weighted by atomic mass is 10.1. The number of thioether (sulfide) groups is 1. The average molecular weight is 443 g/mol. The number of H-pyrrole nitrogens is 1. The zero-order valence-electron chi connectivity index (χ0n) is 16.8. The van der Waals surface area contributed by atoms with Gasteiger partial charge in [0, 0.05) is 23.2 Å². The van der Waals surface area contributed by atoms with E-state index in [1.165, 1.54) is 16.6 Å². The highest BCUT2D eigenvalue weighted by Crippen LogP contribution is 2.34. The maximum atomic E-state index is 12.5. The van der Waals surface area contributed by atoms with Crippen molar-refractivity contribution in [3.05, 3.63) is 55.9 Å². The molecule has 4 rings (SSSR count). The molecule has 0 spiro atoms. The van der Waals surface area contributed by atoms with Crippen LogP contribution < -0.4 is 16.2 Å². The average Bonchev–Trinajstić information content (AvgIpc) is 3.30. The van der Waals surface area contributed by atoms with Gasteiger partial charge in [0.25, 0.3) is 11.5 Å². The number of hydrogen-bond donors (Lipinski definition) is 3. The fourth-order valence-electron chi connectivity index (χ4n) is 3.69. The number of thiophene rings is 1. The van der Waals surface area contributed by atoms with Crippen molar-refractivity contribution in [2.45, 2.75) is 31.9 Å². The van der Waals surface area contributed by atoms with Crippen LogP contribution in [0.4, 0.5) is 5.69 Å². The molecule has 1 aromatic carbocycles. The van der Waals surface area contributed by atoms with E-state index >= 15 is 0 Å². The maximum absolute atomic E-state index is 12.5. The molecule has 0 saturated heterocycles. The van der Waals surface area contributed by atoms with Gasteiger partial charge in [-0.3, -0.25) is 14.4 Å². The first-order valence-corrected chi connectivity index (χ1v) is 11.7. The minimum absolute atomic E-state index is 0.0823. The molecule has 0 atom stereocenters.